The molecule has 2 nitrogen and oxygen atoms in total. The standard InChI is InChI=1S/C16H17ClFNO/c1-19-15(9-11-4-3-5-13(18)8-11)14-10-12(17)6-7-16(14)20-2/h3-8,10,15,19H,9H2,1-2H3. The number of ether oxygens (including phenoxy) is 1. The van der Waals surface area contributed by atoms with Crippen molar-refractivity contribution in [3.8, 4) is 5.75 Å². The fourth-order valence-electron chi connectivity index (χ4n) is 2.24. The molecular formula is C16H17ClFNO. The van der Waals surface area contributed by atoms with E-state index in [-0.39, 0.29) is 11.9 Å². The van der Waals surface area contributed by atoms with E-state index < -0.39 is 0 Å². The fraction of sp³-hybridized carbons (Fsp3) is 0.250. The van der Waals surface area contributed by atoms with Crippen LogP contribution in [-0.4, -0.2) is 14.2 Å². The van der Waals surface area contributed by atoms with Gasteiger partial charge in [-0.2, -0.15) is 0 Å². The molecule has 0 amide bonds. The number of methoxy groups -OCH3 is 1. The Balaban J connectivity index is 2.30. The van der Waals surface area contributed by atoms with Gasteiger partial charge in [0.05, 0.1) is 7.11 Å². The van der Waals surface area contributed by atoms with Crippen molar-refractivity contribution in [3.63, 3.8) is 0 Å². The molecule has 0 aliphatic carbocycles. The molecule has 2 rings (SSSR count). The quantitative estimate of drug-likeness (QED) is 0.900. The van der Waals surface area contributed by atoms with Crippen LogP contribution in [0, 0.1) is 5.82 Å². The maximum absolute atomic E-state index is 13.3. The monoisotopic (exact) mass is 293 g/mol. The lowest BCUT2D eigenvalue weighted by atomic mass is 9.98. The molecular weight excluding hydrogens is 277 g/mol. The van der Waals surface area contributed by atoms with E-state index in [1.54, 1.807) is 25.3 Å². The molecule has 2 aromatic rings. The molecule has 0 spiro atoms. The molecule has 4 heteroatoms. The van der Waals surface area contributed by atoms with Crippen LogP contribution in [0.15, 0.2) is 42.5 Å². The number of hydrogen-bond acceptors (Lipinski definition) is 2. The van der Waals surface area contributed by atoms with Crippen molar-refractivity contribution in [1.82, 2.24) is 5.32 Å². The van der Waals surface area contributed by atoms with Crippen LogP contribution in [0.3, 0.4) is 0 Å². The number of halogens is 2. The van der Waals surface area contributed by atoms with Gasteiger partial charge in [-0.3, -0.25) is 0 Å². The van der Waals surface area contributed by atoms with Gasteiger partial charge >= 0.3 is 0 Å². The largest absolute Gasteiger partial charge is 0.496 e. The summed E-state index contributed by atoms with van der Waals surface area (Å²) < 4.78 is 18.6. The van der Waals surface area contributed by atoms with Crippen LogP contribution in [0.4, 0.5) is 4.39 Å². The summed E-state index contributed by atoms with van der Waals surface area (Å²) in [5.41, 5.74) is 1.89. The topological polar surface area (TPSA) is 21.3 Å². The third kappa shape index (κ3) is 3.50. The molecule has 0 heterocycles. The number of hydrogen-bond donors (Lipinski definition) is 1. The van der Waals surface area contributed by atoms with E-state index in [4.69, 9.17) is 16.3 Å². The highest BCUT2D eigenvalue weighted by Gasteiger charge is 2.16. The summed E-state index contributed by atoms with van der Waals surface area (Å²) in [5, 5.41) is 3.88. The molecule has 0 saturated carbocycles. The van der Waals surface area contributed by atoms with Gasteiger partial charge in [-0.15, -0.1) is 0 Å². The lowest BCUT2D eigenvalue weighted by molar-refractivity contribution is 0.401. The van der Waals surface area contributed by atoms with Crippen LogP contribution in [0.25, 0.3) is 0 Å². The van der Waals surface area contributed by atoms with E-state index in [0.29, 0.717) is 11.4 Å². The van der Waals surface area contributed by atoms with Crippen molar-refractivity contribution >= 4 is 11.6 Å². The van der Waals surface area contributed by atoms with Crippen molar-refractivity contribution in [1.29, 1.82) is 0 Å². The van der Waals surface area contributed by atoms with Crippen molar-refractivity contribution in [2.45, 2.75) is 12.5 Å². The summed E-state index contributed by atoms with van der Waals surface area (Å²) in [6.45, 7) is 0. The Labute approximate surface area is 123 Å². The summed E-state index contributed by atoms with van der Waals surface area (Å²) >= 11 is 6.06. The van der Waals surface area contributed by atoms with Gasteiger partial charge in [0.25, 0.3) is 0 Å². The van der Waals surface area contributed by atoms with E-state index in [1.165, 1.54) is 6.07 Å². The van der Waals surface area contributed by atoms with Gasteiger partial charge in [0.15, 0.2) is 0 Å². The highest BCUT2D eigenvalue weighted by Crippen LogP contribution is 2.30. The van der Waals surface area contributed by atoms with E-state index >= 15 is 0 Å². The van der Waals surface area contributed by atoms with Gasteiger partial charge in [-0.25, -0.2) is 4.39 Å². The Morgan fingerprint density at radius 2 is 2.05 bits per heavy atom. The summed E-state index contributed by atoms with van der Waals surface area (Å²) in [7, 11) is 3.49. The van der Waals surface area contributed by atoms with E-state index in [1.807, 2.05) is 25.2 Å². The highest BCUT2D eigenvalue weighted by molar-refractivity contribution is 6.30. The SMILES string of the molecule is CNC(Cc1cccc(F)c1)c1cc(Cl)ccc1OC. The van der Waals surface area contributed by atoms with E-state index in [9.17, 15) is 4.39 Å². The smallest absolute Gasteiger partial charge is 0.123 e. The van der Waals surface area contributed by atoms with Crippen LogP contribution >= 0.6 is 11.6 Å². The normalized spacial score (nSPS) is 12.2. The molecule has 20 heavy (non-hydrogen) atoms. The van der Waals surface area contributed by atoms with E-state index in [2.05, 4.69) is 5.32 Å². The van der Waals surface area contributed by atoms with Crippen LogP contribution in [0.1, 0.15) is 17.2 Å². The minimum atomic E-state index is -0.226. The first-order valence-corrected chi connectivity index (χ1v) is 6.77. The predicted molar refractivity (Wildman–Crippen MR) is 79.9 cm³/mol. The maximum Gasteiger partial charge on any atom is 0.123 e. The minimum Gasteiger partial charge on any atom is -0.496 e. The van der Waals surface area contributed by atoms with Gasteiger partial charge in [-0.1, -0.05) is 23.7 Å². The van der Waals surface area contributed by atoms with Gasteiger partial charge in [0.2, 0.25) is 0 Å². The third-order valence-corrected chi connectivity index (χ3v) is 3.48. The zero-order valence-electron chi connectivity index (χ0n) is 11.5. The zero-order valence-corrected chi connectivity index (χ0v) is 12.2. The average Bonchev–Trinajstić information content (AvgIpc) is 2.45. The van der Waals surface area contributed by atoms with Gasteiger partial charge < -0.3 is 10.1 Å². The van der Waals surface area contributed by atoms with Crippen molar-refractivity contribution in [2.24, 2.45) is 0 Å². The molecule has 1 unspecified atom stereocenters. The van der Waals surface area contributed by atoms with Gasteiger partial charge in [0, 0.05) is 16.6 Å². The first-order chi connectivity index (χ1) is 9.63. The van der Waals surface area contributed by atoms with Crippen molar-refractivity contribution in [3.05, 3.63) is 64.4 Å². The molecule has 0 aliphatic rings. The van der Waals surface area contributed by atoms with Crippen molar-refractivity contribution in [2.75, 3.05) is 14.2 Å². The van der Waals surface area contributed by atoms with Gasteiger partial charge in [-0.05, 0) is 49.4 Å². The Morgan fingerprint density at radius 3 is 2.70 bits per heavy atom. The summed E-state index contributed by atoms with van der Waals surface area (Å²) in [6, 6.07) is 12.1. The Morgan fingerprint density at radius 1 is 1.25 bits per heavy atom. The molecule has 0 aromatic heterocycles. The minimum absolute atomic E-state index is 0.00505. The first kappa shape index (κ1) is 14.8. The number of nitrogens with one attached hydrogen (secondary N) is 1. The molecule has 0 fully saturated rings. The summed E-state index contributed by atoms with van der Waals surface area (Å²) in [5.74, 6) is 0.542. The first-order valence-electron chi connectivity index (χ1n) is 6.39. The van der Waals surface area contributed by atoms with Gasteiger partial charge in [0.1, 0.15) is 11.6 Å². The summed E-state index contributed by atoms with van der Waals surface area (Å²) in [4.78, 5) is 0. The average molecular weight is 294 g/mol. The second-order valence-electron chi connectivity index (χ2n) is 4.56. The number of rotatable bonds is 5. The molecule has 0 bridgehead atoms. The van der Waals surface area contributed by atoms with Crippen LogP contribution in [-0.2, 0) is 6.42 Å². The molecule has 0 radical (unpaired) electrons. The lowest BCUT2D eigenvalue weighted by Gasteiger charge is -2.20. The zero-order chi connectivity index (χ0) is 14.5. The Hall–Kier alpha value is -1.58. The molecule has 0 aliphatic heterocycles. The second-order valence-corrected chi connectivity index (χ2v) is 5.00. The predicted octanol–water partition coefficient (Wildman–Crippen LogP) is 3.99. The Kier molecular flexibility index (Phi) is 4.99. The molecule has 106 valence electrons. The lowest BCUT2D eigenvalue weighted by Crippen LogP contribution is -2.19. The van der Waals surface area contributed by atoms with Crippen LogP contribution in [0.5, 0.6) is 5.75 Å². The third-order valence-electron chi connectivity index (χ3n) is 3.24. The van der Waals surface area contributed by atoms with Crippen molar-refractivity contribution < 1.29 is 9.13 Å². The molecule has 2 aromatic carbocycles. The van der Waals surface area contributed by atoms with Crippen LogP contribution in [0.2, 0.25) is 5.02 Å². The fourth-order valence-corrected chi connectivity index (χ4v) is 2.43. The number of benzene rings is 2. The molecule has 0 saturated heterocycles. The van der Waals surface area contributed by atoms with E-state index in [0.717, 1.165) is 16.9 Å². The highest BCUT2D eigenvalue weighted by atomic mass is 35.5. The second kappa shape index (κ2) is 6.73. The maximum atomic E-state index is 13.3. The Bertz CT molecular complexity index is 588. The molecule has 1 N–H and O–H groups in total. The van der Waals surface area contributed by atoms with Crippen LogP contribution < -0.4 is 10.1 Å². The number of likely N-dealkylation sites (N-methyl/N-ethyl adjacent to an activating group) is 1. The molecule has 1 atom stereocenters. The summed E-state index contributed by atoms with van der Waals surface area (Å²) in [6.07, 6.45) is 0.658.